The van der Waals surface area contributed by atoms with Crippen molar-refractivity contribution in [2.45, 2.75) is 0 Å². The molecule has 0 aliphatic rings. The van der Waals surface area contributed by atoms with Gasteiger partial charge in [0.25, 0.3) is 5.09 Å². The Kier molecular flexibility index (Phi) is 4060. The summed E-state index contributed by atoms with van der Waals surface area (Å²) in [4.78, 5) is 8.36. The van der Waals surface area contributed by atoms with E-state index in [1.165, 1.54) is 0 Å². The quantitative estimate of drug-likeness (QED) is 0.282. The Hall–Kier alpha value is 0.905. The molecule has 0 unspecified atom stereocenters. The molecule has 16 N–H and O–H groups in total. The Bertz CT molecular complexity index is 47.1. The Morgan fingerprint density at radius 1 is 0.688 bits per heavy atom. The van der Waals surface area contributed by atoms with Gasteiger partial charge in [-0.25, -0.2) is 0 Å². The van der Waals surface area contributed by atoms with E-state index in [2.05, 4.69) is 0 Å². The van der Waals surface area contributed by atoms with Crippen molar-refractivity contribution in [3.8, 4) is 0 Å². The molecule has 0 aliphatic carbocycles. The summed E-state index contributed by atoms with van der Waals surface area (Å²) in [5, 5.41) is 13.6. The van der Waals surface area contributed by atoms with Crippen LogP contribution in [0.3, 0.4) is 0 Å². The van der Waals surface area contributed by atoms with E-state index in [1.807, 2.05) is 0 Å². The predicted molar refractivity (Wildman–Crippen MR) is 46.3 cm³/mol. The van der Waals surface area contributed by atoms with E-state index in [-0.39, 0.29) is 117 Å². The van der Waals surface area contributed by atoms with Crippen LogP contribution in [0, 0.1) is 10.1 Å². The van der Waals surface area contributed by atoms with Crippen molar-refractivity contribution in [3.05, 3.63) is 47.0 Å². The van der Waals surface area contributed by atoms with E-state index in [4.69, 9.17) is 15.3 Å². The van der Waals surface area contributed by atoms with Gasteiger partial charge in [-0.05, 0) is 0 Å². The molecule has 0 atom stereocenters. The minimum atomic E-state index is -1.50. The number of rotatable bonds is 0. The standard InChI is InChI=1S/HNO3.6H2N.3H2O.3Pt/c2-1(3)4;;;;;;;;;;;;/h(H,2,3,4);9*1H2;;;/q;6*-1;;;;3*+4/p-3. The van der Waals surface area contributed by atoms with Crippen molar-refractivity contribution in [2.75, 3.05) is 0 Å². The molecule has 0 amide bonds. The van der Waals surface area contributed by atoms with E-state index in [1.54, 1.807) is 0 Å². The Balaban J connectivity index is -0.000000000682. The van der Waals surface area contributed by atoms with Crippen LogP contribution in [0.2, 0.25) is 0 Å². The minimum Gasteiger partial charge on any atom is -0.870 e. The average Bonchev–Trinajstić information content (AvgIpc) is 0.811. The van der Waals surface area contributed by atoms with Crippen LogP contribution in [-0.4, -0.2) is 26.7 Å². The van der Waals surface area contributed by atoms with Gasteiger partial charge in [-0.15, -0.1) is 10.1 Å². The molecule has 16 heavy (non-hydrogen) atoms. The van der Waals surface area contributed by atoms with Crippen LogP contribution in [0.5, 0.6) is 0 Å². The molecule has 0 spiro atoms. The Morgan fingerprint density at radius 2 is 0.688 bits per heavy atom. The molecule has 0 heterocycles. The summed E-state index contributed by atoms with van der Waals surface area (Å²) >= 11 is 0. The number of hydrogen-bond donors (Lipinski definition) is 1. The topological polar surface area (TPSA) is 354 Å². The summed E-state index contributed by atoms with van der Waals surface area (Å²) in [6.07, 6.45) is 0. The van der Waals surface area contributed by atoms with Gasteiger partial charge in [0.1, 0.15) is 0 Å². The third-order valence-corrected chi connectivity index (χ3v) is 0. The first-order chi connectivity index (χ1) is 1.73. The largest absolute Gasteiger partial charge is 4.00 e. The molecule has 16 heteroatoms. The van der Waals surface area contributed by atoms with Crippen LogP contribution in [0.15, 0.2) is 0 Å². The van der Waals surface area contributed by atoms with Crippen molar-refractivity contribution >= 4 is 0 Å². The third-order valence-electron chi connectivity index (χ3n) is 0. The number of nitrogens with two attached hydrogens (primary N) is 6. The van der Waals surface area contributed by atoms with Gasteiger partial charge in [-0.1, -0.05) is 0 Å². The maximum absolute atomic E-state index is 8.36. The van der Waals surface area contributed by atoms with Crippen molar-refractivity contribution in [1.29, 1.82) is 0 Å². The number of hydrogen-bond acceptors (Lipinski definition) is 5. The zero-order valence-corrected chi connectivity index (χ0v) is 14.3. The smallest absolute Gasteiger partial charge is 0.870 e. The van der Waals surface area contributed by atoms with E-state index >= 15 is 0 Å². The fourth-order valence-electron chi connectivity index (χ4n) is 0. The molecule has 0 aromatic rings. The summed E-state index contributed by atoms with van der Waals surface area (Å²) in [5.41, 5.74) is 0. The van der Waals surface area contributed by atoms with Gasteiger partial charge >= 0.3 is 63.2 Å². The molecule has 0 saturated heterocycles. The fraction of sp³-hybridized carbons (Fsp3) is 0. The molecule has 0 saturated carbocycles. The van der Waals surface area contributed by atoms with Gasteiger partial charge < -0.3 is 58.5 Å². The van der Waals surface area contributed by atoms with Crippen LogP contribution in [0.4, 0.5) is 0 Å². The second kappa shape index (κ2) is 232. The zero-order valence-electron chi connectivity index (χ0n) is 7.47. The molecule has 13 nitrogen and oxygen atoms in total. The average molecular weight is 795 g/mol. The van der Waals surface area contributed by atoms with Crippen LogP contribution < -0.4 is 0 Å². The zero-order chi connectivity index (χ0) is 3.58. The van der Waals surface area contributed by atoms with Gasteiger partial charge in [0.2, 0.25) is 0 Å². The van der Waals surface area contributed by atoms with Crippen molar-refractivity contribution in [3.63, 3.8) is 0 Å². The van der Waals surface area contributed by atoms with Crippen LogP contribution in [0.1, 0.15) is 0 Å². The van der Waals surface area contributed by atoms with Gasteiger partial charge in [0.15, 0.2) is 0 Å². The van der Waals surface area contributed by atoms with Crippen molar-refractivity contribution in [2.24, 2.45) is 0 Å². The molecule has 0 rings (SSSR count). The van der Waals surface area contributed by atoms with Gasteiger partial charge in [0.05, 0.1) is 0 Å². The summed E-state index contributed by atoms with van der Waals surface area (Å²) in [6.45, 7) is 0. The summed E-state index contributed by atoms with van der Waals surface area (Å²) in [5.74, 6) is 0. The normalized spacial score (nSPS) is 1.50. The van der Waals surface area contributed by atoms with E-state index in [0.29, 0.717) is 0 Å². The fourth-order valence-corrected chi connectivity index (χ4v) is 0. The predicted octanol–water partition coefficient (Wildman–Crippen LogP) is 3.42. The van der Waals surface area contributed by atoms with Crippen LogP contribution >= 0.6 is 0 Å². The maximum atomic E-state index is 8.36. The third kappa shape index (κ3) is 3520. The van der Waals surface area contributed by atoms with Crippen molar-refractivity contribution in [1.82, 2.24) is 0 Å². The molecule has 0 bridgehead atoms. The van der Waals surface area contributed by atoms with Gasteiger partial charge in [-0.3, -0.25) is 0 Å². The first-order valence-corrected chi connectivity index (χ1v) is 0.565. The first-order valence-electron chi connectivity index (χ1n) is 0.565. The Labute approximate surface area is 136 Å². The SMILES string of the molecule is O=[N+]([O-])O.[NH2-].[NH2-].[NH2-].[NH2-].[NH2-].[NH2-].[OH-].[OH-].[OH-].[Pt+4].[Pt+4].[Pt+4]. The molecule has 114 valence electrons. The van der Waals surface area contributed by atoms with E-state index in [0.717, 1.165) is 0 Å². The molecule has 0 fully saturated rings. The molecule has 0 radical (unpaired) electrons. The minimum absolute atomic E-state index is 0. The molecule has 0 aromatic carbocycles. The summed E-state index contributed by atoms with van der Waals surface area (Å²) < 4.78 is 0. The number of nitrogens with zero attached hydrogens (tertiary/aromatic N) is 1. The van der Waals surface area contributed by atoms with Gasteiger partial charge in [0, 0.05) is 0 Å². The van der Waals surface area contributed by atoms with Gasteiger partial charge in [-0.2, -0.15) is 0 Å². The molecule has 0 aromatic heterocycles. The molecular formula is H16N7O6Pt3+3. The first kappa shape index (κ1) is 280. The van der Waals surface area contributed by atoms with Crippen LogP contribution in [-0.2, 0) is 63.2 Å². The Morgan fingerprint density at radius 3 is 0.688 bits per heavy atom. The summed E-state index contributed by atoms with van der Waals surface area (Å²) in [7, 11) is 0. The second-order valence-corrected chi connectivity index (χ2v) is 0.238. The molecular weight excluding hydrogens is 779 g/mol. The van der Waals surface area contributed by atoms with Crippen molar-refractivity contribution < 1.29 is 89.9 Å². The van der Waals surface area contributed by atoms with E-state index in [9.17, 15) is 0 Å². The van der Waals surface area contributed by atoms with E-state index < -0.39 is 5.09 Å². The second-order valence-electron chi connectivity index (χ2n) is 0.238. The van der Waals surface area contributed by atoms with Crippen LogP contribution in [0.25, 0.3) is 36.9 Å². The summed E-state index contributed by atoms with van der Waals surface area (Å²) in [6, 6.07) is 0. The molecule has 0 aliphatic heterocycles. The monoisotopic (exact) mass is 795 g/mol. The maximum Gasteiger partial charge on any atom is 4.00 e.